The molecule has 4 aromatic rings. The van der Waals surface area contributed by atoms with Crippen LogP contribution < -0.4 is 15.4 Å². The lowest BCUT2D eigenvalue weighted by Gasteiger charge is -2.28. The van der Waals surface area contributed by atoms with Crippen LogP contribution in [0.4, 0.5) is 11.4 Å². The van der Waals surface area contributed by atoms with Gasteiger partial charge in [0.15, 0.2) is 0 Å². The van der Waals surface area contributed by atoms with Crippen LogP contribution in [-0.2, 0) is 11.2 Å². The number of fused-ring (bicyclic) bond motifs is 1. The lowest BCUT2D eigenvalue weighted by atomic mass is 9.96. The fraction of sp³-hybridized carbons (Fsp3) is 0.333. The number of ether oxygens (including phenoxy) is 1. The van der Waals surface area contributed by atoms with E-state index >= 15 is 0 Å². The summed E-state index contributed by atoms with van der Waals surface area (Å²) in [4.78, 5) is 19.6. The lowest BCUT2D eigenvalue weighted by molar-refractivity contribution is -0.135. The summed E-state index contributed by atoms with van der Waals surface area (Å²) in [5.41, 5.74) is 5.14. The van der Waals surface area contributed by atoms with Crippen LogP contribution in [-0.4, -0.2) is 48.6 Å². The number of hydrogen-bond donors (Lipinski definition) is 2. The molecule has 6 nitrogen and oxygen atoms in total. The zero-order valence-electron chi connectivity index (χ0n) is 22.9. The number of amides is 1. The van der Waals surface area contributed by atoms with E-state index in [4.69, 9.17) is 4.74 Å². The number of carbonyl (C=O) groups is 1. The van der Waals surface area contributed by atoms with Crippen molar-refractivity contribution in [3.63, 3.8) is 0 Å². The Morgan fingerprint density at radius 2 is 1.79 bits per heavy atom. The molecule has 3 aromatic carbocycles. The number of para-hydroxylation sites is 1. The second-order valence-corrected chi connectivity index (χ2v) is 10.5. The topological polar surface area (TPSA) is 66.5 Å². The van der Waals surface area contributed by atoms with Crippen LogP contribution in [0.15, 0.2) is 84.9 Å². The fourth-order valence-corrected chi connectivity index (χ4v) is 5.31. The molecule has 0 radical (unpaired) electrons. The Labute approximate surface area is 231 Å². The maximum Gasteiger partial charge on any atom is 0.225 e. The molecule has 2 heterocycles. The highest BCUT2D eigenvalue weighted by Gasteiger charge is 2.24. The molecule has 1 unspecified atom stereocenters. The summed E-state index contributed by atoms with van der Waals surface area (Å²) in [6.45, 7) is 4.52. The van der Waals surface area contributed by atoms with Crippen molar-refractivity contribution < 1.29 is 9.53 Å². The van der Waals surface area contributed by atoms with Crippen molar-refractivity contribution in [2.75, 3.05) is 32.0 Å². The van der Waals surface area contributed by atoms with E-state index in [1.54, 1.807) is 0 Å². The molecule has 1 amide bonds. The van der Waals surface area contributed by atoms with Crippen LogP contribution >= 0.6 is 0 Å². The minimum absolute atomic E-state index is 0.0603. The molecular formula is C33H38N4O2. The molecule has 0 bridgehead atoms. The summed E-state index contributed by atoms with van der Waals surface area (Å²) in [7, 11) is 1.93. The SMILES string of the molecule is Cc1cc(Nc2cccc(OC(CCN(C)C(=O)C3CCNCC3)Cc3ccccc3)c2)c2ccccc2n1. The Hall–Kier alpha value is -3.90. The third kappa shape index (κ3) is 7.15. The van der Waals surface area contributed by atoms with Gasteiger partial charge in [0.2, 0.25) is 5.91 Å². The number of benzene rings is 3. The zero-order chi connectivity index (χ0) is 27.0. The minimum atomic E-state index is -0.0603. The predicted molar refractivity (Wildman–Crippen MR) is 159 cm³/mol. The largest absolute Gasteiger partial charge is 0.490 e. The van der Waals surface area contributed by atoms with Gasteiger partial charge in [-0.15, -0.1) is 0 Å². The average Bonchev–Trinajstić information content (AvgIpc) is 2.96. The van der Waals surface area contributed by atoms with E-state index in [1.165, 1.54) is 5.56 Å². The number of aryl methyl sites for hydroxylation is 1. The van der Waals surface area contributed by atoms with Crippen molar-refractivity contribution >= 4 is 28.2 Å². The molecule has 39 heavy (non-hydrogen) atoms. The third-order valence-corrected chi connectivity index (χ3v) is 7.42. The van der Waals surface area contributed by atoms with Crippen molar-refractivity contribution in [3.05, 3.63) is 96.2 Å². The van der Waals surface area contributed by atoms with Crippen LogP contribution in [0.1, 0.15) is 30.5 Å². The van der Waals surface area contributed by atoms with Crippen molar-refractivity contribution in [3.8, 4) is 5.75 Å². The molecule has 6 heteroatoms. The van der Waals surface area contributed by atoms with Crippen LogP contribution in [0.2, 0.25) is 0 Å². The van der Waals surface area contributed by atoms with Gasteiger partial charge in [-0.2, -0.15) is 0 Å². The molecule has 1 saturated heterocycles. The molecule has 1 fully saturated rings. The van der Waals surface area contributed by atoms with Gasteiger partial charge >= 0.3 is 0 Å². The number of anilines is 2. The number of rotatable bonds is 10. The van der Waals surface area contributed by atoms with Crippen LogP contribution in [0.5, 0.6) is 5.75 Å². The third-order valence-electron chi connectivity index (χ3n) is 7.42. The predicted octanol–water partition coefficient (Wildman–Crippen LogP) is 6.13. The average molecular weight is 523 g/mol. The monoisotopic (exact) mass is 522 g/mol. The molecule has 0 saturated carbocycles. The first-order valence-corrected chi connectivity index (χ1v) is 13.9. The van der Waals surface area contributed by atoms with Gasteiger partial charge in [0.05, 0.1) is 5.52 Å². The molecule has 1 aliphatic heterocycles. The molecule has 5 rings (SSSR count). The number of nitrogens with zero attached hydrogens (tertiary/aromatic N) is 2. The van der Waals surface area contributed by atoms with E-state index < -0.39 is 0 Å². The zero-order valence-corrected chi connectivity index (χ0v) is 22.9. The van der Waals surface area contributed by atoms with Crippen LogP contribution in [0, 0.1) is 12.8 Å². The fourth-order valence-electron chi connectivity index (χ4n) is 5.31. The number of piperidine rings is 1. The normalized spacial score (nSPS) is 14.6. The van der Waals surface area contributed by atoms with E-state index in [-0.39, 0.29) is 17.9 Å². The molecule has 1 aliphatic rings. The first-order valence-electron chi connectivity index (χ1n) is 13.9. The number of pyridine rings is 1. The van der Waals surface area contributed by atoms with E-state index in [0.717, 1.165) is 72.5 Å². The Balaban J connectivity index is 1.30. The highest BCUT2D eigenvalue weighted by atomic mass is 16.5. The summed E-state index contributed by atoms with van der Waals surface area (Å²) in [5.74, 6) is 1.18. The minimum Gasteiger partial charge on any atom is -0.490 e. The number of nitrogens with one attached hydrogen (secondary N) is 2. The Bertz CT molecular complexity index is 1390. The maximum absolute atomic E-state index is 13.0. The van der Waals surface area contributed by atoms with Crippen molar-refractivity contribution in [1.82, 2.24) is 15.2 Å². The van der Waals surface area contributed by atoms with Crippen LogP contribution in [0.3, 0.4) is 0 Å². The van der Waals surface area contributed by atoms with Gasteiger partial charge in [0.1, 0.15) is 11.9 Å². The Morgan fingerprint density at radius 3 is 2.62 bits per heavy atom. The molecule has 2 N–H and O–H groups in total. The van der Waals surface area contributed by atoms with Gasteiger partial charge < -0.3 is 20.3 Å². The summed E-state index contributed by atoms with van der Waals surface area (Å²) >= 11 is 0. The Kier molecular flexibility index (Phi) is 8.74. The van der Waals surface area contributed by atoms with E-state index in [2.05, 4.69) is 58.1 Å². The van der Waals surface area contributed by atoms with Gasteiger partial charge in [-0.25, -0.2) is 0 Å². The van der Waals surface area contributed by atoms with Crippen molar-refractivity contribution in [2.24, 2.45) is 5.92 Å². The van der Waals surface area contributed by atoms with E-state index in [0.29, 0.717) is 6.54 Å². The second-order valence-electron chi connectivity index (χ2n) is 10.5. The second kappa shape index (κ2) is 12.8. The molecule has 0 spiro atoms. The maximum atomic E-state index is 13.0. The quantitative estimate of drug-likeness (QED) is 0.262. The van der Waals surface area contributed by atoms with Crippen molar-refractivity contribution in [2.45, 2.75) is 38.7 Å². The van der Waals surface area contributed by atoms with Gasteiger partial charge in [-0.3, -0.25) is 9.78 Å². The van der Waals surface area contributed by atoms with Crippen molar-refractivity contribution in [1.29, 1.82) is 0 Å². The van der Waals surface area contributed by atoms with Gasteiger partial charge in [0, 0.05) is 60.9 Å². The highest BCUT2D eigenvalue weighted by molar-refractivity contribution is 5.93. The molecular weight excluding hydrogens is 484 g/mol. The lowest BCUT2D eigenvalue weighted by Crippen LogP contribution is -2.40. The van der Waals surface area contributed by atoms with Gasteiger partial charge in [-0.05, 0) is 62.7 Å². The van der Waals surface area contributed by atoms with E-state index in [1.807, 2.05) is 61.3 Å². The molecule has 0 aliphatic carbocycles. The first-order chi connectivity index (χ1) is 19.0. The summed E-state index contributed by atoms with van der Waals surface area (Å²) in [5, 5.41) is 8.00. The van der Waals surface area contributed by atoms with Gasteiger partial charge in [0.25, 0.3) is 0 Å². The smallest absolute Gasteiger partial charge is 0.225 e. The molecule has 1 aromatic heterocycles. The summed E-state index contributed by atoms with van der Waals surface area (Å²) in [6, 6.07) is 28.8. The van der Waals surface area contributed by atoms with Gasteiger partial charge in [-0.1, -0.05) is 54.6 Å². The highest BCUT2D eigenvalue weighted by Crippen LogP contribution is 2.29. The first kappa shape index (κ1) is 26.7. The molecule has 1 atom stereocenters. The van der Waals surface area contributed by atoms with E-state index in [9.17, 15) is 4.79 Å². The number of carbonyl (C=O) groups excluding carboxylic acids is 1. The Morgan fingerprint density at radius 1 is 1.03 bits per heavy atom. The molecule has 202 valence electrons. The number of hydrogen-bond acceptors (Lipinski definition) is 5. The van der Waals surface area contributed by atoms with Crippen LogP contribution in [0.25, 0.3) is 10.9 Å². The number of aromatic nitrogens is 1. The summed E-state index contributed by atoms with van der Waals surface area (Å²) < 4.78 is 6.58. The summed E-state index contributed by atoms with van der Waals surface area (Å²) in [6.07, 6.45) is 3.31. The standard InChI is InChI=1S/C33H38N4O2/c1-24-21-32(30-13-6-7-14-31(30)35-24)36-27-11-8-12-28(23-27)39-29(22-25-9-4-3-5-10-25)17-20-37(2)33(38)26-15-18-34-19-16-26/h3-14,21,23,26,29,34H,15-20,22H2,1-2H3,(H,35,36).